The number of aromatic nitrogens is 2. The highest BCUT2D eigenvalue weighted by molar-refractivity contribution is 8.93. The molecule has 0 aliphatic rings. The van der Waals surface area contributed by atoms with Crippen molar-refractivity contribution in [3.05, 3.63) is 17.7 Å². The SMILES string of the molecule is Br.NCCn1cncc1Cl. The molecule has 0 bridgehead atoms. The minimum absolute atomic E-state index is 0. The first kappa shape index (κ1) is 9.94. The first-order valence-corrected chi connectivity index (χ1v) is 3.08. The molecule has 0 unspecified atom stereocenters. The zero-order valence-electron chi connectivity index (χ0n) is 5.33. The van der Waals surface area contributed by atoms with Crippen LogP contribution in [0.3, 0.4) is 0 Å². The fraction of sp³-hybridized carbons (Fsp3) is 0.400. The van der Waals surface area contributed by atoms with Crippen LogP contribution < -0.4 is 5.73 Å². The van der Waals surface area contributed by atoms with Crippen molar-refractivity contribution in [2.75, 3.05) is 6.54 Å². The first-order valence-electron chi connectivity index (χ1n) is 2.70. The smallest absolute Gasteiger partial charge is 0.128 e. The van der Waals surface area contributed by atoms with Crippen molar-refractivity contribution in [2.45, 2.75) is 6.54 Å². The van der Waals surface area contributed by atoms with Crippen LogP contribution in [0.25, 0.3) is 0 Å². The molecule has 1 aromatic heterocycles. The molecule has 0 spiro atoms. The molecule has 5 heteroatoms. The Labute approximate surface area is 75.0 Å². The van der Waals surface area contributed by atoms with E-state index in [1.54, 1.807) is 17.1 Å². The van der Waals surface area contributed by atoms with E-state index in [1.807, 2.05) is 0 Å². The molecule has 1 rings (SSSR count). The molecule has 0 radical (unpaired) electrons. The average molecular weight is 227 g/mol. The number of nitrogens with zero attached hydrogens (tertiary/aromatic N) is 2. The van der Waals surface area contributed by atoms with Crippen molar-refractivity contribution in [3.8, 4) is 0 Å². The van der Waals surface area contributed by atoms with Crippen molar-refractivity contribution in [1.29, 1.82) is 0 Å². The highest BCUT2D eigenvalue weighted by Crippen LogP contribution is 2.04. The lowest BCUT2D eigenvalue weighted by Gasteiger charge is -1.97. The van der Waals surface area contributed by atoms with Crippen molar-refractivity contribution < 1.29 is 0 Å². The minimum atomic E-state index is 0. The Morgan fingerprint density at radius 1 is 1.70 bits per heavy atom. The van der Waals surface area contributed by atoms with Gasteiger partial charge >= 0.3 is 0 Å². The van der Waals surface area contributed by atoms with Crippen LogP contribution in [0, 0.1) is 0 Å². The normalized spacial score (nSPS) is 9.00. The molecule has 2 N–H and O–H groups in total. The lowest BCUT2D eigenvalue weighted by atomic mass is 10.6. The summed E-state index contributed by atoms with van der Waals surface area (Å²) in [5.74, 6) is 0. The van der Waals surface area contributed by atoms with E-state index in [4.69, 9.17) is 17.3 Å². The molecule has 1 aromatic rings. The molecule has 1 heterocycles. The molecule has 0 amide bonds. The molecular weight excluding hydrogens is 217 g/mol. The Hall–Kier alpha value is -0.0600. The third-order valence-corrected chi connectivity index (χ3v) is 1.35. The monoisotopic (exact) mass is 225 g/mol. The third kappa shape index (κ3) is 2.28. The summed E-state index contributed by atoms with van der Waals surface area (Å²) in [6, 6.07) is 0. The second kappa shape index (κ2) is 4.71. The van der Waals surface area contributed by atoms with Crippen LogP contribution in [0.5, 0.6) is 0 Å². The highest BCUT2D eigenvalue weighted by Gasteiger charge is 1.93. The summed E-state index contributed by atoms with van der Waals surface area (Å²) in [6.07, 6.45) is 3.26. The number of rotatable bonds is 2. The number of nitrogens with two attached hydrogens (primary N) is 1. The lowest BCUT2D eigenvalue weighted by molar-refractivity contribution is 0.708. The van der Waals surface area contributed by atoms with E-state index in [9.17, 15) is 0 Å². The molecule has 0 atom stereocenters. The molecule has 58 valence electrons. The molecule has 0 fully saturated rings. The van der Waals surface area contributed by atoms with Gasteiger partial charge in [0.1, 0.15) is 5.15 Å². The van der Waals surface area contributed by atoms with E-state index in [2.05, 4.69) is 4.98 Å². The number of halogens is 2. The Balaban J connectivity index is 0.000000810. The summed E-state index contributed by atoms with van der Waals surface area (Å²) in [5.41, 5.74) is 5.28. The van der Waals surface area contributed by atoms with Gasteiger partial charge in [0.05, 0.1) is 12.5 Å². The van der Waals surface area contributed by atoms with Crippen LogP contribution in [0.4, 0.5) is 0 Å². The van der Waals surface area contributed by atoms with E-state index in [0.29, 0.717) is 11.7 Å². The van der Waals surface area contributed by atoms with Gasteiger partial charge < -0.3 is 10.3 Å². The number of imidazole rings is 1. The van der Waals surface area contributed by atoms with E-state index in [0.717, 1.165) is 6.54 Å². The molecule has 0 aromatic carbocycles. The first-order chi connectivity index (χ1) is 4.34. The predicted molar refractivity (Wildman–Crippen MR) is 46.6 cm³/mol. The van der Waals surface area contributed by atoms with Crippen LogP contribution in [0.2, 0.25) is 5.15 Å². The molecule has 0 saturated carbocycles. The van der Waals surface area contributed by atoms with E-state index in [1.165, 1.54) is 0 Å². The van der Waals surface area contributed by atoms with Crippen LogP contribution in [-0.2, 0) is 6.54 Å². The molecule has 10 heavy (non-hydrogen) atoms. The Morgan fingerprint density at radius 3 is 2.80 bits per heavy atom. The zero-order chi connectivity index (χ0) is 6.69. The lowest BCUT2D eigenvalue weighted by Crippen LogP contribution is -2.08. The van der Waals surface area contributed by atoms with Gasteiger partial charge in [0.15, 0.2) is 0 Å². The maximum absolute atomic E-state index is 5.66. The summed E-state index contributed by atoms with van der Waals surface area (Å²) in [5, 5.41) is 0.639. The Kier molecular flexibility index (Phi) is 4.68. The summed E-state index contributed by atoms with van der Waals surface area (Å²) >= 11 is 5.66. The molecular formula is C5H9BrClN3. The molecule has 0 aliphatic carbocycles. The van der Waals surface area contributed by atoms with E-state index >= 15 is 0 Å². The van der Waals surface area contributed by atoms with Gasteiger partial charge in [-0.3, -0.25) is 0 Å². The van der Waals surface area contributed by atoms with E-state index in [-0.39, 0.29) is 17.0 Å². The summed E-state index contributed by atoms with van der Waals surface area (Å²) in [4.78, 5) is 3.82. The van der Waals surface area contributed by atoms with Crippen molar-refractivity contribution >= 4 is 28.6 Å². The minimum Gasteiger partial charge on any atom is -0.329 e. The maximum Gasteiger partial charge on any atom is 0.128 e. The molecule has 3 nitrogen and oxygen atoms in total. The Morgan fingerprint density at radius 2 is 2.40 bits per heavy atom. The van der Waals surface area contributed by atoms with Gasteiger partial charge in [0.2, 0.25) is 0 Å². The van der Waals surface area contributed by atoms with Gasteiger partial charge in [-0.15, -0.1) is 17.0 Å². The van der Waals surface area contributed by atoms with Gasteiger partial charge in [-0.05, 0) is 0 Å². The standard InChI is InChI=1S/C5H8ClN3.BrH/c6-5-3-8-4-9(5)2-1-7;/h3-4H,1-2,7H2;1H. The maximum atomic E-state index is 5.66. The number of hydrogen-bond acceptors (Lipinski definition) is 2. The van der Waals surface area contributed by atoms with Crippen molar-refractivity contribution in [3.63, 3.8) is 0 Å². The number of hydrogen-bond donors (Lipinski definition) is 1. The van der Waals surface area contributed by atoms with Crippen LogP contribution in [-0.4, -0.2) is 16.1 Å². The molecule has 0 aliphatic heterocycles. The zero-order valence-corrected chi connectivity index (χ0v) is 7.80. The average Bonchev–Trinajstić information content (AvgIpc) is 2.18. The van der Waals surface area contributed by atoms with Gasteiger partial charge in [-0.1, -0.05) is 11.6 Å². The fourth-order valence-electron chi connectivity index (χ4n) is 0.608. The van der Waals surface area contributed by atoms with Gasteiger partial charge in [0.25, 0.3) is 0 Å². The van der Waals surface area contributed by atoms with Crippen molar-refractivity contribution in [1.82, 2.24) is 9.55 Å². The summed E-state index contributed by atoms with van der Waals surface area (Å²) in [6.45, 7) is 1.33. The largest absolute Gasteiger partial charge is 0.329 e. The van der Waals surface area contributed by atoms with Gasteiger partial charge in [-0.2, -0.15) is 0 Å². The topological polar surface area (TPSA) is 43.8 Å². The second-order valence-corrected chi connectivity index (χ2v) is 2.09. The predicted octanol–water partition coefficient (Wildman–Crippen LogP) is 1.07. The summed E-state index contributed by atoms with van der Waals surface area (Å²) in [7, 11) is 0. The van der Waals surface area contributed by atoms with Crippen LogP contribution in [0.1, 0.15) is 0 Å². The summed E-state index contributed by atoms with van der Waals surface area (Å²) < 4.78 is 1.79. The Bertz CT molecular complexity index is 189. The van der Waals surface area contributed by atoms with Crippen LogP contribution >= 0.6 is 28.6 Å². The quantitative estimate of drug-likeness (QED) is 0.820. The fourth-order valence-corrected chi connectivity index (χ4v) is 0.793. The van der Waals surface area contributed by atoms with Crippen molar-refractivity contribution in [2.24, 2.45) is 5.73 Å². The van der Waals surface area contributed by atoms with Gasteiger partial charge in [0, 0.05) is 13.1 Å². The third-order valence-electron chi connectivity index (χ3n) is 1.03. The molecule has 0 saturated heterocycles. The van der Waals surface area contributed by atoms with Crippen LogP contribution in [0.15, 0.2) is 12.5 Å². The van der Waals surface area contributed by atoms with Gasteiger partial charge in [-0.25, -0.2) is 4.98 Å². The second-order valence-electron chi connectivity index (χ2n) is 1.70. The van der Waals surface area contributed by atoms with E-state index < -0.39 is 0 Å². The highest BCUT2D eigenvalue weighted by atomic mass is 79.9.